The zero-order valence-corrected chi connectivity index (χ0v) is 11.9. The molecule has 1 aromatic heterocycles. The molecule has 1 fully saturated rings. The molecule has 0 spiro atoms. The predicted octanol–water partition coefficient (Wildman–Crippen LogP) is 2.44. The van der Waals surface area contributed by atoms with Gasteiger partial charge in [-0.1, -0.05) is 6.92 Å². The Morgan fingerprint density at radius 2 is 2.21 bits per heavy atom. The van der Waals surface area contributed by atoms with Gasteiger partial charge in [0.15, 0.2) is 0 Å². The van der Waals surface area contributed by atoms with Gasteiger partial charge in [-0.2, -0.15) is 0 Å². The zero-order valence-electron chi connectivity index (χ0n) is 11.9. The highest BCUT2D eigenvalue weighted by Crippen LogP contribution is 2.15. The van der Waals surface area contributed by atoms with Gasteiger partial charge in [0, 0.05) is 6.54 Å². The molecule has 106 valence electrons. The lowest BCUT2D eigenvalue weighted by Crippen LogP contribution is -2.35. The molecule has 19 heavy (non-hydrogen) atoms. The van der Waals surface area contributed by atoms with Crippen LogP contribution in [0.3, 0.4) is 0 Å². The minimum absolute atomic E-state index is 0.0292. The van der Waals surface area contributed by atoms with Gasteiger partial charge in [-0.15, -0.1) is 0 Å². The number of carbonyl (C=O) groups is 1. The number of piperidine rings is 1. The van der Waals surface area contributed by atoms with E-state index in [2.05, 4.69) is 17.1 Å². The quantitative estimate of drug-likeness (QED) is 0.831. The maximum Gasteiger partial charge on any atom is 0.254 e. The third-order valence-electron chi connectivity index (χ3n) is 3.92. The largest absolute Gasteiger partial charge is 0.469 e. The van der Waals surface area contributed by atoms with Crippen LogP contribution in [0.5, 0.6) is 0 Å². The van der Waals surface area contributed by atoms with Gasteiger partial charge in [-0.25, -0.2) is 0 Å². The van der Waals surface area contributed by atoms with Gasteiger partial charge < -0.3 is 14.6 Å². The SMILES string of the molecule is Cc1occc1C(=O)NCCCN1CCC(C)CC1. The molecule has 2 rings (SSSR count). The van der Waals surface area contributed by atoms with Crippen LogP contribution in [0.4, 0.5) is 0 Å². The fourth-order valence-corrected chi connectivity index (χ4v) is 2.51. The summed E-state index contributed by atoms with van der Waals surface area (Å²) in [4.78, 5) is 14.3. The molecule has 1 aliphatic rings. The van der Waals surface area contributed by atoms with Gasteiger partial charge in [0.1, 0.15) is 5.76 Å². The summed E-state index contributed by atoms with van der Waals surface area (Å²) in [7, 11) is 0. The molecule has 4 heteroatoms. The molecule has 0 unspecified atom stereocenters. The Bertz CT molecular complexity index is 406. The Labute approximate surface area is 115 Å². The van der Waals surface area contributed by atoms with Crippen LogP contribution in [-0.2, 0) is 0 Å². The Hall–Kier alpha value is -1.29. The Morgan fingerprint density at radius 3 is 2.84 bits per heavy atom. The lowest BCUT2D eigenvalue weighted by atomic mass is 9.99. The number of carbonyl (C=O) groups excluding carboxylic acids is 1. The number of amides is 1. The normalized spacial score (nSPS) is 17.6. The molecule has 1 N–H and O–H groups in total. The average molecular weight is 264 g/mol. The summed E-state index contributed by atoms with van der Waals surface area (Å²) in [5, 5.41) is 2.95. The molecule has 0 atom stereocenters. The summed E-state index contributed by atoms with van der Waals surface area (Å²) in [6.45, 7) is 8.35. The average Bonchev–Trinajstić information content (AvgIpc) is 2.83. The van der Waals surface area contributed by atoms with Crippen molar-refractivity contribution in [3.05, 3.63) is 23.7 Å². The molecule has 0 radical (unpaired) electrons. The van der Waals surface area contributed by atoms with Gasteiger partial charge >= 0.3 is 0 Å². The Balaban J connectivity index is 1.62. The van der Waals surface area contributed by atoms with E-state index < -0.39 is 0 Å². The Kier molecular flexibility index (Phi) is 5.02. The number of nitrogens with one attached hydrogen (secondary N) is 1. The van der Waals surface area contributed by atoms with E-state index in [-0.39, 0.29) is 5.91 Å². The molecule has 2 heterocycles. The number of hydrogen-bond donors (Lipinski definition) is 1. The van der Waals surface area contributed by atoms with Crippen molar-refractivity contribution >= 4 is 5.91 Å². The first kappa shape index (κ1) is 14.1. The van der Waals surface area contributed by atoms with Crippen LogP contribution in [0.25, 0.3) is 0 Å². The van der Waals surface area contributed by atoms with E-state index >= 15 is 0 Å². The van der Waals surface area contributed by atoms with Crippen molar-refractivity contribution in [2.75, 3.05) is 26.2 Å². The minimum Gasteiger partial charge on any atom is -0.469 e. The predicted molar refractivity (Wildman–Crippen MR) is 75.2 cm³/mol. The lowest BCUT2D eigenvalue weighted by Gasteiger charge is -2.30. The third-order valence-corrected chi connectivity index (χ3v) is 3.92. The van der Waals surface area contributed by atoms with E-state index in [4.69, 9.17) is 4.42 Å². The van der Waals surface area contributed by atoms with Gasteiger partial charge in [0.25, 0.3) is 5.91 Å². The molecular weight excluding hydrogens is 240 g/mol. The number of likely N-dealkylation sites (tertiary alicyclic amines) is 1. The van der Waals surface area contributed by atoms with Crippen LogP contribution in [0.15, 0.2) is 16.7 Å². The molecule has 0 aromatic carbocycles. The highest BCUT2D eigenvalue weighted by molar-refractivity contribution is 5.94. The van der Waals surface area contributed by atoms with Crippen LogP contribution in [-0.4, -0.2) is 37.0 Å². The fraction of sp³-hybridized carbons (Fsp3) is 0.667. The molecule has 1 amide bonds. The summed E-state index contributed by atoms with van der Waals surface area (Å²) < 4.78 is 5.13. The van der Waals surface area contributed by atoms with Crippen molar-refractivity contribution in [2.45, 2.75) is 33.1 Å². The topological polar surface area (TPSA) is 45.5 Å². The van der Waals surface area contributed by atoms with Crippen molar-refractivity contribution in [3.8, 4) is 0 Å². The minimum atomic E-state index is -0.0292. The first-order valence-corrected chi connectivity index (χ1v) is 7.21. The van der Waals surface area contributed by atoms with Gasteiger partial charge in [0.2, 0.25) is 0 Å². The van der Waals surface area contributed by atoms with Crippen molar-refractivity contribution in [3.63, 3.8) is 0 Å². The number of hydrogen-bond acceptors (Lipinski definition) is 3. The van der Waals surface area contributed by atoms with Crippen LogP contribution in [0.2, 0.25) is 0 Å². The first-order chi connectivity index (χ1) is 9.16. The molecule has 0 saturated carbocycles. The van der Waals surface area contributed by atoms with Crippen LogP contribution >= 0.6 is 0 Å². The fourth-order valence-electron chi connectivity index (χ4n) is 2.51. The van der Waals surface area contributed by atoms with E-state index in [1.807, 2.05) is 6.92 Å². The summed E-state index contributed by atoms with van der Waals surface area (Å²) in [5.74, 6) is 1.53. The summed E-state index contributed by atoms with van der Waals surface area (Å²) in [6, 6.07) is 1.72. The maximum atomic E-state index is 11.8. The molecular formula is C15H24N2O2. The smallest absolute Gasteiger partial charge is 0.254 e. The maximum absolute atomic E-state index is 11.8. The van der Waals surface area contributed by atoms with Crippen molar-refractivity contribution in [1.29, 1.82) is 0 Å². The van der Waals surface area contributed by atoms with E-state index in [1.54, 1.807) is 12.3 Å². The number of rotatable bonds is 5. The first-order valence-electron chi connectivity index (χ1n) is 7.21. The summed E-state index contributed by atoms with van der Waals surface area (Å²) >= 11 is 0. The van der Waals surface area contributed by atoms with Crippen molar-refractivity contribution < 1.29 is 9.21 Å². The van der Waals surface area contributed by atoms with E-state index in [9.17, 15) is 4.79 Å². The number of aryl methyl sites for hydroxylation is 1. The molecule has 1 saturated heterocycles. The second-order valence-electron chi connectivity index (χ2n) is 5.52. The monoisotopic (exact) mass is 264 g/mol. The van der Waals surface area contributed by atoms with E-state index in [0.29, 0.717) is 11.3 Å². The standard InChI is InChI=1S/C15H24N2O2/c1-12-4-9-17(10-5-12)8-3-7-16-15(18)14-6-11-19-13(14)2/h6,11-12H,3-5,7-10H2,1-2H3,(H,16,18). The van der Waals surface area contributed by atoms with E-state index in [0.717, 1.165) is 25.4 Å². The van der Waals surface area contributed by atoms with Crippen molar-refractivity contribution in [2.24, 2.45) is 5.92 Å². The second-order valence-corrected chi connectivity index (χ2v) is 5.52. The second kappa shape index (κ2) is 6.75. The molecule has 1 aliphatic heterocycles. The molecule has 0 bridgehead atoms. The van der Waals surface area contributed by atoms with E-state index in [1.165, 1.54) is 25.9 Å². The van der Waals surface area contributed by atoms with Crippen LogP contribution in [0.1, 0.15) is 42.3 Å². The Morgan fingerprint density at radius 1 is 1.47 bits per heavy atom. The third kappa shape index (κ3) is 4.10. The highest BCUT2D eigenvalue weighted by atomic mass is 16.3. The highest BCUT2D eigenvalue weighted by Gasteiger charge is 2.15. The molecule has 4 nitrogen and oxygen atoms in total. The van der Waals surface area contributed by atoms with Crippen LogP contribution in [0, 0.1) is 12.8 Å². The molecule has 1 aromatic rings. The number of furan rings is 1. The van der Waals surface area contributed by atoms with Crippen molar-refractivity contribution in [1.82, 2.24) is 10.2 Å². The lowest BCUT2D eigenvalue weighted by molar-refractivity contribution is 0.0949. The van der Waals surface area contributed by atoms with Gasteiger partial charge in [-0.3, -0.25) is 4.79 Å². The summed E-state index contributed by atoms with van der Waals surface area (Å²) in [6.07, 6.45) is 5.18. The van der Waals surface area contributed by atoms with Gasteiger partial charge in [0.05, 0.1) is 11.8 Å². The summed E-state index contributed by atoms with van der Waals surface area (Å²) in [5.41, 5.74) is 0.645. The van der Waals surface area contributed by atoms with Crippen LogP contribution < -0.4 is 5.32 Å². The molecule has 0 aliphatic carbocycles. The number of nitrogens with zero attached hydrogens (tertiary/aromatic N) is 1. The zero-order chi connectivity index (χ0) is 13.7. The van der Waals surface area contributed by atoms with Gasteiger partial charge in [-0.05, 0) is 57.8 Å².